The second-order valence-corrected chi connectivity index (χ2v) is 6.51. The Balaban J connectivity index is 1.57. The van der Waals surface area contributed by atoms with Gasteiger partial charge in [-0.25, -0.2) is 4.79 Å². The van der Waals surface area contributed by atoms with Gasteiger partial charge in [-0.3, -0.25) is 4.79 Å². The van der Waals surface area contributed by atoms with Crippen LogP contribution in [-0.4, -0.2) is 34.6 Å². The monoisotopic (exact) mass is 294 g/mol. The summed E-state index contributed by atoms with van der Waals surface area (Å²) < 4.78 is 0. The molecule has 0 saturated heterocycles. The first kappa shape index (κ1) is 13.4. The van der Waals surface area contributed by atoms with Gasteiger partial charge in [0, 0.05) is 19.1 Å². The second-order valence-electron chi connectivity index (χ2n) is 5.73. The average Bonchev–Trinajstić information content (AvgIpc) is 3.34. The molecule has 2 N–H and O–H groups in total. The third-order valence-corrected chi connectivity index (χ3v) is 4.80. The van der Waals surface area contributed by atoms with Crippen LogP contribution in [0.15, 0.2) is 16.8 Å². The van der Waals surface area contributed by atoms with E-state index in [4.69, 9.17) is 5.11 Å². The maximum Gasteiger partial charge on any atom is 0.317 e. The summed E-state index contributed by atoms with van der Waals surface area (Å²) in [5.74, 6) is -0.798. The second kappa shape index (κ2) is 5.09. The Morgan fingerprint density at radius 3 is 2.70 bits per heavy atom. The van der Waals surface area contributed by atoms with Gasteiger partial charge in [0.1, 0.15) is 0 Å². The van der Waals surface area contributed by atoms with Gasteiger partial charge in [0.2, 0.25) is 0 Å². The van der Waals surface area contributed by atoms with E-state index in [1.807, 2.05) is 21.7 Å². The lowest BCUT2D eigenvalue weighted by molar-refractivity contribution is -0.143. The van der Waals surface area contributed by atoms with Gasteiger partial charge in [-0.2, -0.15) is 11.3 Å². The summed E-state index contributed by atoms with van der Waals surface area (Å²) >= 11 is 1.62. The van der Waals surface area contributed by atoms with Crippen LogP contribution in [0.25, 0.3) is 0 Å². The molecule has 0 radical (unpaired) electrons. The number of hydrogen-bond donors (Lipinski definition) is 2. The summed E-state index contributed by atoms with van der Waals surface area (Å²) in [5, 5.41) is 16.0. The molecular formula is C14H18N2O3S. The normalized spacial score (nSPS) is 19.4. The van der Waals surface area contributed by atoms with Crippen molar-refractivity contribution in [1.82, 2.24) is 10.2 Å². The van der Waals surface area contributed by atoms with Crippen molar-refractivity contribution in [2.75, 3.05) is 6.54 Å². The van der Waals surface area contributed by atoms with Gasteiger partial charge in [0.25, 0.3) is 0 Å². The van der Waals surface area contributed by atoms with Crippen molar-refractivity contribution < 1.29 is 14.7 Å². The van der Waals surface area contributed by atoms with Crippen LogP contribution >= 0.6 is 11.3 Å². The zero-order valence-corrected chi connectivity index (χ0v) is 12.0. The molecule has 5 nitrogen and oxygen atoms in total. The number of urea groups is 1. The number of hydrogen-bond acceptors (Lipinski definition) is 3. The molecule has 2 amide bonds. The maximum atomic E-state index is 12.3. The fraction of sp³-hybridized carbons (Fsp3) is 0.571. The van der Waals surface area contributed by atoms with Gasteiger partial charge >= 0.3 is 12.0 Å². The van der Waals surface area contributed by atoms with Gasteiger partial charge in [-0.05, 0) is 48.1 Å². The quantitative estimate of drug-likeness (QED) is 0.845. The predicted molar refractivity (Wildman–Crippen MR) is 75.6 cm³/mol. The molecule has 2 fully saturated rings. The lowest BCUT2D eigenvalue weighted by Crippen LogP contribution is -2.44. The Hall–Kier alpha value is -1.56. The Labute approximate surface area is 121 Å². The van der Waals surface area contributed by atoms with Crippen LogP contribution in [0.4, 0.5) is 4.79 Å². The molecule has 2 aliphatic rings. The van der Waals surface area contributed by atoms with Crippen LogP contribution in [0.1, 0.15) is 31.2 Å². The van der Waals surface area contributed by atoms with Crippen LogP contribution in [0.2, 0.25) is 0 Å². The van der Waals surface area contributed by atoms with Gasteiger partial charge in [0.05, 0.1) is 5.41 Å². The number of carbonyl (C=O) groups excluding carboxylic acids is 1. The van der Waals surface area contributed by atoms with Crippen molar-refractivity contribution in [3.05, 3.63) is 22.4 Å². The highest BCUT2D eigenvalue weighted by Crippen LogP contribution is 2.45. The number of amides is 2. The van der Waals surface area contributed by atoms with Crippen molar-refractivity contribution in [3.8, 4) is 0 Å². The third kappa shape index (κ3) is 2.80. The first-order valence-corrected chi connectivity index (χ1v) is 7.84. The van der Waals surface area contributed by atoms with Gasteiger partial charge in [-0.15, -0.1) is 0 Å². The molecule has 0 aromatic carbocycles. The SMILES string of the molecule is O=C(NCC1(C(=O)O)CC1)N(Cc1ccsc1)C1CC1. The standard InChI is InChI=1S/C14H18N2O3S/c17-12(18)14(4-5-14)9-15-13(19)16(11-1-2-11)7-10-3-6-20-8-10/h3,6,8,11H,1-2,4-5,7,9H2,(H,15,19)(H,17,18). The van der Waals surface area contributed by atoms with E-state index in [9.17, 15) is 9.59 Å². The number of carboxylic acids is 1. The molecule has 2 saturated carbocycles. The summed E-state index contributed by atoms with van der Waals surface area (Å²) in [4.78, 5) is 25.2. The molecule has 20 heavy (non-hydrogen) atoms. The molecule has 6 heteroatoms. The van der Waals surface area contributed by atoms with E-state index in [1.165, 1.54) is 0 Å². The van der Waals surface area contributed by atoms with Crippen LogP contribution < -0.4 is 5.32 Å². The molecule has 2 aliphatic carbocycles. The maximum absolute atomic E-state index is 12.3. The first-order valence-electron chi connectivity index (χ1n) is 6.90. The molecule has 0 bridgehead atoms. The first-order chi connectivity index (χ1) is 9.61. The van der Waals surface area contributed by atoms with Crippen molar-refractivity contribution >= 4 is 23.3 Å². The van der Waals surface area contributed by atoms with Crippen LogP contribution in [0.3, 0.4) is 0 Å². The molecule has 108 valence electrons. The molecule has 0 unspecified atom stereocenters. The third-order valence-electron chi connectivity index (χ3n) is 4.07. The molecule has 1 heterocycles. The molecule has 0 spiro atoms. The molecule has 3 rings (SSSR count). The molecular weight excluding hydrogens is 276 g/mol. The summed E-state index contributed by atoms with van der Waals surface area (Å²) in [7, 11) is 0. The fourth-order valence-corrected chi connectivity index (χ4v) is 2.96. The predicted octanol–water partition coefficient (Wildman–Crippen LogP) is 2.29. The van der Waals surface area contributed by atoms with Crippen molar-refractivity contribution in [1.29, 1.82) is 0 Å². The van der Waals surface area contributed by atoms with Crippen molar-refractivity contribution in [3.63, 3.8) is 0 Å². The highest BCUT2D eigenvalue weighted by molar-refractivity contribution is 7.07. The largest absolute Gasteiger partial charge is 0.481 e. The Bertz CT molecular complexity index is 506. The summed E-state index contributed by atoms with van der Waals surface area (Å²) in [6.07, 6.45) is 3.41. The summed E-state index contributed by atoms with van der Waals surface area (Å²) in [6, 6.07) is 2.20. The van der Waals surface area contributed by atoms with Gasteiger partial charge in [0.15, 0.2) is 0 Å². The minimum Gasteiger partial charge on any atom is -0.481 e. The number of aliphatic carboxylic acids is 1. The number of rotatable bonds is 6. The average molecular weight is 294 g/mol. The van der Waals surface area contributed by atoms with Crippen LogP contribution in [-0.2, 0) is 11.3 Å². The van der Waals surface area contributed by atoms with E-state index in [1.54, 1.807) is 11.3 Å². The van der Waals surface area contributed by atoms with Crippen molar-refractivity contribution in [2.24, 2.45) is 5.41 Å². The van der Waals surface area contributed by atoms with Crippen molar-refractivity contribution in [2.45, 2.75) is 38.3 Å². The zero-order chi connectivity index (χ0) is 14.2. The lowest BCUT2D eigenvalue weighted by Gasteiger charge is -2.23. The molecule has 0 atom stereocenters. The Morgan fingerprint density at radius 2 is 2.20 bits per heavy atom. The number of nitrogens with zero attached hydrogens (tertiary/aromatic N) is 1. The van der Waals surface area contributed by atoms with E-state index in [0.29, 0.717) is 25.4 Å². The number of carboxylic acid groups (broad SMARTS) is 1. The smallest absolute Gasteiger partial charge is 0.317 e. The van der Waals surface area contributed by atoms with E-state index in [-0.39, 0.29) is 12.6 Å². The van der Waals surface area contributed by atoms with E-state index >= 15 is 0 Å². The van der Waals surface area contributed by atoms with E-state index in [0.717, 1.165) is 18.4 Å². The minimum atomic E-state index is -0.798. The minimum absolute atomic E-state index is 0.133. The Morgan fingerprint density at radius 1 is 1.45 bits per heavy atom. The van der Waals surface area contributed by atoms with Crippen LogP contribution in [0.5, 0.6) is 0 Å². The summed E-state index contributed by atoms with van der Waals surface area (Å²) in [6.45, 7) is 0.855. The highest BCUT2D eigenvalue weighted by atomic mass is 32.1. The van der Waals surface area contributed by atoms with Crippen LogP contribution in [0, 0.1) is 5.41 Å². The topological polar surface area (TPSA) is 69.6 Å². The summed E-state index contributed by atoms with van der Waals surface area (Å²) in [5.41, 5.74) is 0.434. The number of thiophene rings is 1. The van der Waals surface area contributed by atoms with Gasteiger partial charge in [-0.1, -0.05) is 0 Å². The highest BCUT2D eigenvalue weighted by Gasteiger charge is 2.50. The van der Waals surface area contributed by atoms with E-state index < -0.39 is 11.4 Å². The fourth-order valence-electron chi connectivity index (χ4n) is 2.30. The number of nitrogens with one attached hydrogen (secondary N) is 1. The van der Waals surface area contributed by atoms with E-state index in [2.05, 4.69) is 5.32 Å². The molecule has 1 aromatic rings. The Kier molecular flexibility index (Phi) is 3.41. The molecule has 0 aliphatic heterocycles. The molecule has 1 aromatic heterocycles. The zero-order valence-electron chi connectivity index (χ0n) is 11.2. The lowest BCUT2D eigenvalue weighted by atomic mass is 10.1. The van der Waals surface area contributed by atoms with Gasteiger partial charge < -0.3 is 15.3 Å². The number of carbonyl (C=O) groups is 2.